The average Bonchev–Trinajstić information content (AvgIpc) is 3.31. The molecule has 4 rings (SSSR count). The molecule has 1 aliphatic rings. The molecule has 1 N–H and O–H groups in total. The van der Waals surface area contributed by atoms with Crippen molar-refractivity contribution in [2.24, 2.45) is 0 Å². The van der Waals surface area contributed by atoms with Gasteiger partial charge in [0.1, 0.15) is 17.6 Å². The number of hydrogen-bond donors (Lipinski definition) is 1. The van der Waals surface area contributed by atoms with Crippen molar-refractivity contribution in [2.45, 2.75) is 13.0 Å². The van der Waals surface area contributed by atoms with Gasteiger partial charge in [0, 0.05) is 16.3 Å². The van der Waals surface area contributed by atoms with Crippen LogP contribution in [0.2, 0.25) is 5.02 Å². The van der Waals surface area contributed by atoms with Crippen molar-refractivity contribution in [2.75, 3.05) is 4.90 Å². The van der Waals surface area contributed by atoms with E-state index in [0.29, 0.717) is 22.0 Å². The number of Topliss-reactive ketones (excluding diaryl/α,β-unsaturated/α-hetero) is 1. The average molecular weight is 394 g/mol. The topological polar surface area (TPSA) is 70.8 Å². The fourth-order valence-electron chi connectivity index (χ4n) is 3.39. The number of halogens is 1. The van der Waals surface area contributed by atoms with Crippen LogP contribution in [0.25, 0.3) is 5.76 Å². The molecule has 1 fully saturated rings. The third-order valence-corrected chi connectivity index (χ3v) is 4.97. The van der Waals surface area contributed by atoms with Gasteiger partial charge in [-0.25, -0.2) is 0 Å². The first-order valence-electron chi connectivity index (χ1n) is 8.65. The molecule has 0 bridgehead atoms. The smallest absolute Gasteiger partial charge is 0.300 e. The van der Waals surface area contributed by atoms with Crippen LogP contribution in [-0.2, 0) is 9.59 Å². The highest BCUT2D eigenvalue weighted by Gasteiger charge is 2.48. The van der Waals surface area contributed by atoms with Gasteiger partial charge < -0.3 is 9.52 Å². The number of benzene rings is 2. The van der Waals surface area contributed by atoms with E-state index in [1.807, 2.05) is 6.92 Å². The summed E-state index contributed by atoms with van der Waals surface area (Å²) in [6.45, 7) is 1.82. The molecule has 0 aliphatic carbocycles. The molecular weight excluding hydrogens is 378 g/mol. The van der Waals surface area contributed by atoms with Crippen LogP contribution in [0.15, 0.2) is 76.9 Å². The van der Waals surface area contributed by atoms with Crippen molar-refractivity contribution >= 4 is 34.7 Å². The van der Waals surface area contributed by atoms with Crippen LogP contribution in [0, 0.1) is 6.92 Å². The van der Waals surface area contributed by atoms with Gasteiger partial charge in [0.05, 0.1) is 11.8 Å². The molecule has 1 amide bonds. The van der Waals surface area contributed by atoms with E-state index >= 15 is 0 Å². The van der Waals surface area contributed by atoms with Crippen molar-refractivity contribution in [3.8, 4) is 0 Å². The molecule has 1 unspecified atom stereocenters. The highest BCUT2D eigenvalue weighted by atomic mass is 35.5. The van der Waals surface area contributed by atoms with Gasteiger partial charge in [-0.15, -0.1) is 0 Å². The first-order valence-corrected chi connectivity index (χ1v) is 9.03. The third kappa shape index (κ3) is 2.90. The number of amides is 1. The molecule has 3 aromatic rings. The van der Waals surface area contributed by atoms with Gasteiger partial charge in [0.15, 0.2) is 0 Å². The van der Waals surface area contributed by atoms with E-state index in [4.69, 9.17) is 16.0 Å². The summed E-state index contributed by atoms with van der Waals surface area (Å²) >= 11 is 6.14. The third-order valence-electron chi connectivity index (χ3n) is 4.74. The number of aliphatic hydroxyl groups excluding tert-OH is 1. The number of aryl methyl sites for hydroxylation is 1. The lowest BCUT2D eigenvalue weighted by Crippen LogP contribution is -2.30. The Morgan fingerprint density at radius 2 is 1.82 bits per heavy atom. The van der Waals surface area contributed by atoms with Crippen molar-refractivity contribution in [3.63, 3.8) is 0 Å². The number of ketones is 1. The number of aliphatic hydroxyl groups is 1. The van der Waals surface area contributed by atoms with E-state index in [1.54, 1.807) is 60.7 Å². The Morgan fingerprint density at radius 3 is 2.50 bits per heavy atom. The van der Waals surface area contributed by atoms with Gasteiger partial charge in [-0.05, 0) is 36.8 Å². The minimum Gasteiger partial charge on any atom is -0.507 e. The Hall–Kier alpha value is -3.31. The Bertz CT molecular complexity index is 1090. The Labute approximate surface area is 166 Å². The zero-order valence-corrected chi connectivity index (χ0v) is 15.7. The van der Waals surface area contributed by atoms with Crippen molar-refractivity contribution < 1.29 is 19.1 Å². The van der Waals surface area contributed by atoms with Gasteiger partial charge in [0.25, 0.3) is 11.7 Å². The van der Waals surface area contributed by atoms with E-state index in [2.05, 4.69) is 0 Å². The molecule has 2 aromatic carbocycles. The summed E-state index contributed by atoms with van der Waals surface area (Å²) in [6, 6.07) is 16.2. The van der Waals surface area contributed by atoms with E-state index in [-0.39, 0.29) is 11.3 Å². The SMILES string of the molecule is Cc1ccc(Cl)cc1N1C(=O)C(=O)/C(=C(\O)c2ccccc2)C1c1ccco1. The molecular formula is C22H16ClNO4. The highest BCUT2D eigenvalue weighted by molar-refractivity contribution is 6.51. The second-order valence-electron chi connectivity index (χ2n) is 6.48. The lowest BCUT2D eigenvalue weighted by Gasteiger charge is -2.25. The fraction of sp³-hybridized carbons (Fsp3) is 0.0909. The normalized spacial score (nSPS) is 18.6. The lowest BCUT2D eigenvalue weighted by molar-refractivity contribution is -0.132. The highest BCUT2D eigenvalue weighted by Crippen LogP contribution is 2.43. The summed E-state index contributed by atoms with van der Waals surface area (Å²) in [4.78, 5) is 27.2. The Morgan fingerprint density at radius 1 is 1.07 bits per heavy atom. The zero-order chi connectivity index (χ0) is 19.8. The lowest BCUT2D eigenvalue weighted by atomic mass is 9.99. The Balaban J connectivity index is 1.97. The van der Waals surface area contributed by atoms with Crippen LogP contribution in [0.1, 0.15) is 22.9 Å². The monoisotopic (exact) mass is 393 g/mol. The maximum absolute atomic E-state index is 13.0. The van der Waals surface area contributed by atoms with Crippen LogP contribution < -0.4 is 4.90 Å². The van der Waals surface area contributed by atoms with E-state index < -0.39 is 17.7 Å². The number of carbonyl (C=O) groups excluding carboxylic acids is 2. The van der Waals surface area contributed by atoms with Crippen LogP contribution >= 0.6 is 11.6 Å². The largest absolute Gasteiger partial charge is 0.507 e. The van der Waals surface area contributed by atoms with E-state index in [9.17, 15) is 14.7 Å². The molecule has 1 atom stereocenters. The molecule has 0 radical (unpaired) electrons. The van der Waals surface area contributed by atoms with Gasteiger partial charge >= 0.3 is 0 Å². The minimum absolute atomic E-state index is 0.0227. The van der Waals surface area contributed by atoms with Gasteiger partial charge in [0.2, 0.25) is 0 Å². The molecule has 2 heterocycles. The molecule has 6 heteroatoms. The minimum atomic E-state index is -0.896. The fourth-order valence-corrected chi connectivity index (χ4v) is 3.56. The summed E-state index contributed by atoms with van der Waals surface area (Å²) < 4.78 is 5.53. The summed E-state index contributed by atoms with van der Waals surface area (Å²) in [6.07, 6.45) is 1.46. The molecule has 1 aliphatic heterocycles. The van der Waals surface area contributed by atoms with Crippen LogP contribution in [0.3, 0.4) is 0 Å². The van der Waals surface area contributed by atoms with Gasteiger partial charge in [-0.2, -0.15) is 0 Å². The predicted octanol–water partition coefficient (Wildman–Crippen LogP) is 4.87. The number of hydrogen-bond acceptors (Lipinski definition) is 4. The number of anilines is 1. The van der Waals surface area contributed by atoms with Crippen molar-refractivity contribution in [1.82, 2.24) is 0 Å². The van der Waals surface area contributed by atoms with Crippen LogP contribution in [0.4, 0.5) is 5.69 Å². The number of rotatable bonds is 3. The Kier molecular flexibility index (Phi) is 4.53. The standard InChI is InChI=1S/C22H16ClNO4/c1-13-9-10-15(23)12-16(13)24-19(17-8-5-11-28-17)18(21(26)22(24)27)20(25)14-6-3-2-4-7-14/h2-12,19,25H,1H3/b20-18-. The van der Waals surface area contributed by atoms with Crippen molar-refractivity contribution in [1.29, 1.82) is 0 Å². The van der Waals surface area contributed by atoms with E-state index in [1.165, 1.54) is 11.2 Å². The molecule has 140 valence electrons. The predicted molar refractivity (Wildman–Crippen MR) is 106 cm³/mol. The van der Waals surface area contributed by atoms with Crippen LogP contribution in [-0.4, -0.2) is 16.8 Å². The summed E-state index contributed by atoms with van der Waals surface area (Å²) in [5.41, 5.74) is 1.68. The maximum atomic E-state index is 13.0. The second kappa shape index (κ2) is 7.02. The molecule has 0 saturated carbocycles. The van der Waals surface area contributed by atoms with E-state index in [0.717, 1.165) is 5.56 Å². The van der Waals surface area contributed by atoms with Gasteiger partial charge in [-0.3, -0.25) is 14.5 Å². The zero-order valence-electron chi connectivity index (χ0n) is 14.9. The summed E-state index contributed by atoms with van der Waals surface area (Å²) in [5.74, 6) is -1.40. The second-order valence-corrected chi connectivity index (χ2v) is 6.92. The first kappa shape index (κ1) is 18.1. The molecule has 1 saturated heterocycles. The summed E-state index contributed by atoms with van der Waals surface area (Å²) in [7, 11) is 0. The van der Waals surface area contributed by atoms with Gasteiger partial charge in [-0.1, -0.05) is 48.0 Å². The first-order chi connectivity index (χ1) is 13.5. The molecule has 28 heavy (non-hydrogen) atoms. The molecule has 1 aromatic heterocycles. The number of carbonyl (C=O) groups is 2. The quantitative estimate of drug-likeness (QED) is 0.391. The molecule has 5 nitrogen and oxygen atoms in total. The van der Waals surface area contributed by atoms with Crippen molar-refractivity contribution in [3.05, 3.63) is 94.4 Å². The number of furan rings is 1. The molecule has 0 spiro atoms. The summed E-state index contributed by atoms with van der Waals surface area (Å²) in [5, 5.41) is 11.3. The number of nitrogens with zero attached hydrogens (tertiary/aromatic N) is 1. The maximum Gasteiger partial charge on any atom is 0.300 e. The van der Waals surface area contributed by atoms with Crippen LogP contribution in [0.5, 0.6) is 0 Å².